The molecule has 2 aromatic heterocycles. The number of Topliss-reactive ketones (excluding diaryl/α,β-unsaturated/α-hetero) is 1. The Hall–Kier alpha value is -2.91. The highest BCUT2D eigenvalue weighted by atomic mass is 16.5. The summed E-state index contributed by atoms with van der Waals surface area (Å²) in [5, 5.41) is 0. The number of ketones is 1. The molecule has 0 N–H and O–H groups in total. The number of furan rings is 1. The summed E-state index contributed by atoms with van der Waals surface area (Å²) in [7, 11) is 3.02. The largest absolute Gasteiger partial charge is 0.464 e. The van der Waals surface area contributed by atoms with Gasteiger partial charge < -0.3 is 23.4 Å². The first-order valence-corrected chi connectivity index (χ1v) is 10.2. The minimum Gasteiger partial charge on any atom is -0.464 e. The summed E-state index contributed by atoms with van der Waals surface area (Å²) in [4.78, 5) is 42.1. The van der Waals surface area contributed by atoms with E-state index < -0.39 is 5.97 Å². The van der Waals surface area contributed by atoms with Gasteiger partial charge >= 0.3 is 5.97 Å². The third-order valence-electron chi connectivity index (χ3n) is 5.73. The van der Waals surface area contributed by atoms with E-state index >= 15 is 0 Å². The fraction of sp³-hybridized carbons (Fsp3) is 0.500. The molecular weight excluding hydrogens is 402 g/mol. The molecule has 1 aliphatic heterocycles. The topological polar surface area (TPSA) is 94.2 Å². The van der Waals surface area contributed by atoms with E-state index in [9.17, 15) is 14.4 Å². The fourth-order valence-electron chi connectivity index (χ4n) is 3.92. The molecule has 0 atom stereocenters. The van der Waals surface area contributed by atoms with E-state index in [0.717, 1.165) is 13.1 Å². The van der Waals surface area contributed by atoms with Crippen LogP contribution in [0.4, 0.5) is 0 Å². The maximum atomic E-state index is 13.3. The van der Waals surface area contributed by atoms with Gasteiger partial charge in [0.2, 0.25) is 0 Å². The maximum absolute atomic E-state index is 13.3. The van der Waals surface area contributed by atoms with Gasteiger partial charge in [0, 0.05) is 44.5 Å². The van der Waals surface area contributed by atoms with Crippen LogP contribution in [0.1, 0.15) is 42.7 Å². The predicted molar refractivity (Wildman–Crippen MR) is 112 cm³/mol. The lowest BCUT2D eigenvalue weighted by atomic mass is 10.0. The average molecular weight is 431 g/mol. The molecule has 1 saturated heterocycles. The first-order chi connectivity index (χ1) is 14.8. The molecule has 9 heteroatoms. The van der Waals surface area contributed by atoms with Crippen molar-refractivity contribution in [3.05, 3.63) is 46.7 Å². The first kappa shape index (κ1) is 22.8. The molecule has 0 aliphatic carbocycles. The van der Waals surface area contributed by atoms with Crippen molar-refractivity contribution in [2.45, 2.75) is 13.8 Å². The van der Waals surface area contributed by atoms with E-state index in [1.54, 1.807) is 37.6 Å². The van der Waals surface area contributed by atoms with Crippen LogP contribution in [0, 0.1) is 13.8 Å². The molecule has 31 heavy (non-hydrogen) atoms. The van der Waals surface area contributed by atoms with E-state index in [-0.39, 0.29) is 24.0 Å². The molecular formula is C22H29N3O6. The summed E-state index contributed by atoms with van der Waals surface area (Å²) in [6, 6.07) is 3.23. The molecule has 3 rings (SSSR count). The van der Waals surface area contributed by atoms with Crippen molar-refractivity contribution in [3.8, 4) is 0 Å². The Labute approximate surface area is 181 Å². The van der Waals surface area contributed by atoms with Crippen LogP contribution in [0.2, 0.25) is 0 Å². The summed E-state index contributed by atoms with van der Waals surface area (Å²) in [5.41, 5.74) is 1.98. The number of nitrogens with zero attached hydrogens (tertiary/aromatic N) is 3. The van der Waals surface area contributed by atoms with Crippen molar-refractivity contribution >= 4 is 17.7 Å². The third-order valence-corrected chi connectivity index (χ3v) is 5.73. The van der Waals surface area contributed by atoms with Gasteiger partial charge in [-0.25, -0.2) is 4.79 Å². The lowest BCUT2D eigenvalue weighted by Crippen LogP contribution is -2.44. The van der Waals surface area contributed by atoms with Gasteiger partial charge in [-0.15, -0.1) is 0 Å². The van der Waals surface area contributed by atoms with Crippen molar-refractivity contribution < 1.29 is 28.3 Å². The number of hydrogen-bond acceptors (Lipinski definition) is 7. The number of ether oxygens (including phenoxy) is 2. The van der Waals surface area contributed by atoms with Gasteiger partial charge in [0.15, 0.2) is 11.5 Å². The van der Waals surface area contributed by atoms with Crippen molar-refractivity contribution in [2.24, 2.45) is 7.05 Å². The number of rotatable bonds is 8. The normalized spacial score (nSPS) is 14.5. The lowest BCUT2D eigenvalue weighted by Gasteiger charge is -2.29. The Kier molecular flexibility index (Phi) is 7.29. The lowest BCUT2D eigenvalue weighted by molar-refractivity contribution is 0.0319. The number of amides is 1. The van der Waals surface area contributed by atoms with Crippen LogP contribution >= 0.6 is 0 Å². The molecule has 0 bridgehead atoms. The predicted octanol–water partition coefficient (Wildman–Crippen LogP) is 1.68. The Morgan fingerprint density at radius 3 is 2.52 bits per heavy atom. The second-order valence-corrected chi connectivity index (χ2v) is 7.57. The van der Waals surface area contributed by atoms with Crippen LogP contribution in [0.5, 0.6) is 0 Å². The summed E-state index contributed by atoms with van der Waals surface area (Å²) < 4.78 is 17.2. The van der Waals surface area contributed by atoms with Crippen LogP contribution in [0.3, 0.4) is 0 Å². The van der Waals surface area contributed by atoms with Gasteiger partial charge in [-0.05, 0) is 31.5 Å². The molecule has 0 aromatic carbocycles. The first-order valence-electron chi connectivity index (χ1n) is 10.2. The average Bonchev–Trinajstić information content (AvgIpc) is 3.38. The number of carbonyl (C=O) groups is 3. The van der Waals surface area contributed by atoms with Gasteiger partial charge in [-0.3, -0.25) is 14.5 Å². The number of morpholine rings is 1. The maximum Gasteiger partial charge on any atom is 0.354 e. The zero-order chi connectivity index (χ0) is 22.5. The van der Waals surface area contributed by atoms with E-state index in [1.807, 2.05) is 0 Å². The molecule has 0 unspecified atom stereocenters. The SMILES string of the molecule is COC(=O)c1c(C)c(C(=O)CN(CCN2CCOCC2)C(=O)c2ccco2)c(C)n1C. The van der Waals surface area contributed by atoms with Crippen LogP contribution in [0.15, 0.2) is 22.8 Å². The zero-order valence-electron chi connectivity index (χ0n) is 18.5. The second kappa shape index (κ2) is 9.93. The Balaban J connectivity index is 1.82. The van der Waals surface area contributed by atoms with Gasteiger partial charge in [0.25, 0.3) is 5.91 Å². The highest BCUT2D eigenvalue weighted by Gasteiger charge is 2.28. The number of hydrogen-bond donors (Lipinski definition) is 0. The van der Waals surface area contributed by atoms with Crippen molar-refractivity contribution in [2.75, 3.05) is 53.0 Å². The summed E-state index contributed by atoms with van der Waals surface area (Å²) in [5.74, 6) is -0.891. The van der Waals surface area contributed by atoms with Crippen LogP contribution in [-0.2, 0) is 16.5 Å². The zero-order valence-corrected chi connectivity index (χ0v) is 18.5. The van der Waals surface area contributed by atoms with Gasteiger partial charge in [-0.1, -0.05) is 0 Å². The second-order valence-electron chi connectivity index (χ2n) is 7.57. The van der Waals surface area contributed by atoms with E-state index in [2.05, 4.69) is 4.90 Å². The summed E-state index contributed by atoms with van der Waals surface area (Å²) in [6.07, 6.45) is 1.43. The Bertz CT molecular complexity index is 941. The number of aromatic nitrogens is 1. The van der Waals surface area contributed by atoms with E-state index in [0.29, 0.717) is 48.8 Å². The van der Waals surface area contributed by atoms with Crippen LogP contribution in [-0.4, -0.2) is 85.1 Å². The van der Waals surface area contributed by atoms with E-state index in [4.69, 9.17) is 13.9 Å². The quantitative estimate of drug-likeness (QED) is 0.464. The highest BCUT2D eigenvalue weighted by Crippen LogP contribution is 2.23. The molecule has 1 aliphatic rings. The molecule has 168 valence electrons. The summed E-state index contributed by atoms with van der Waals surface area (Å²) in [6.45, 7) is 7.28. The minimum absolute atomic E-state index is 0.115. The van der Waals surface area contributed by atoms with Crippen molar-refractivity contribution in [1.82, 2.24) is 14.4 Å². The van der Waals surface area contributed by atoms with Gasteiger partial charge in [-0.2, -0.15) is 0 Å². The smallest absolute Gasteiger partial charge is 0.354 e. The van der Waals surface area contributed by atoms with Crippen molar-refractivity contribution in [1.29, 1.82) is 0 Å². The van der Waals surface area contributed by atoms with Gasteiger partial charge in [0.05, 0.1) is 33.1 Å². The Morgan fingerprint density at radius 1 is 1.19 bits per heavy atom. The molecule has 0 spiro atoms. The summed E-state index contributed by atoms with van der Waals surface area (Å²) >= 11 is 0. The van der Waals surface area contributed by atoms with Crippen molar-refractivity contribution in [3.63, 3.8) is 0 Å². The molecule has 1 fully saturated rings. The minimum atomic E-state index is -0.502. The standard InChI is InChI=1S/C22H29N3O6/c1-15-19(16(2)23(3)20(15)22(28)29-4)17(26)14-25(21(27)18-6-5-11-31-18)8-7-24-9-12-30-13-10-24/h5-6,11H,7-10,12-14H2,1-4H3. The molecule has 9 nitrogen and oxygen atoms in total. The number of esters is 1. The molecule has 0 saturated carbocycles. The molecule has 1 amide bonds. The van der Waals surface area contributed by atoms with Crippen LogP contribution in [0.25, 0.3) is 0 Å². The number of methoxy groups -OCH3 is 1. The molecule has 3 heterocycles. The number of carbonyl (C=O) groups excluding carboxylic acids is 3. The van der Waals surface area contributed by atoms with Crippen LogP contribution < -0.4 is 0 Å². The molecule has 0 radical (unpaired) electrons. The highest BCUT2D eigenvalue weighted by molar-refractivity contribution is 6.05. The van der Waals surface area contributed by atoms with Gasteiger partial charge in [0.1, 0.15) is 5.69 Å². The fourth-order valence-corrected chi connectivity index (χ4v) is 3.92. The Morgan fingerprint density at radius 2 is 1.90 bits per heavy atom. The monoisotopic (exact) mass is 431 g/mol. The molecule has 2 aromatic rings. The van der Waals surface area contributed by atoms with E-state index in [1.165, 1.54) is 18.3 Å². The third kappa shape index (κ3) is 4.88.